The summed E-state index contributed by atoms with van der Waals surface area (Å²) in [5, 5.41) is 12.6. The van der Waals surface area contributed by atoms with Crippen LogP contribution in [0.3, 0.4) is 0 Å². The molecule has 0 amide bonds. The molecule has 1 N–H and O–H groups in total. The quantitative estimate of drug-likeness (QED) is 0.804. The normalized spacial score (nSPS) is 12.5. The highest BCUT2D eigenvalue weighted by Crippen LogP contribution is 2.26. The van der Waals surface area contributed by atoms with E-state index in [4.69, 9.17) is 5.26 Å². The second-order valence-corrected chi connectivity index (χ2v) is 6.65. The fraction of sp³-hybridized carbons (Fsp3) is 0.278. The molecule has 0 saturated heterocycles. The molecule has 0 aromatic heterocycles. The highest BCUT2D eigenvalue weighted by atomic mass is 79.9. The van der Waals surface area contributed by atoms with Crippen molar-refractivity contribution < 1.29 is 0 Å². The van der Waals surface area contributed by atoms with Crippen molar-refractivity contribution >= 4 is 21.6 Å². The van der Waals surface area contributed by atoms with E-state index in [2.05, 4.69) is 46.4 Å². The molecule has 0 bridgehead atoms. The average molecular weight is 343 g/mol. The number of hydrogen-bond donors (Lipinski definition) is 1. The number of rotatable bonds is 4. The minimum absolute atomic E-state index is 0.220. The second-order valence-electron chi connectivity index (χ2n) is 5.74. The molecule has 0 aliphatic heterocycles. The Hall–Kier alpha value is -1.79. The van der Waals surface area contributed by atoms with Gasteiger partial charge in [0.05, 0.1) is 11.5 Å². The summed E-state index contributed by atoms with van der Waals surface area (Å²) in [7, 11) is 0. The molecule has 0 aliphatic carbocycles. The van der Waals surface area contributed by atoms with Gasteiger partial charge in [-0.3, -0.25) is 0 Å². The molecule has 108 valence electrons. The van der Waals surface area contributed by atoms with Gasteiger partial charge in [0.25, 0.3) is 0 Å². The molecule has 2 aromatic carbocycles. The van der Waals surface area contributed by atoms with Crippen LogP contribution in [0.25, 0.3) is 0 Å². The highest BCUT2D eigenvalue weighted by Gasteiger charge is 2.19. The zero-order chi connectivity index (χ0) is 15.5. The SMILES string of the molecule is CC(Nc1ccc(C(C)(C)C#N)cc1)c1cccc(Br)c1. The standard InChI is InChI=1S/C18H19BrN2/c1-13(14-5-4-6-16(19)11-14)21-17-9-7-15(8-10-17)18(2,3)12-20/h4-11,13,21H,1-3H3. The van der Waals surface area contributed by atoms with E-state index >= 15 is 0 Å². The van der Waals surface area contributed by atoms with E-state index in [0.29, 0.717) is 0 Å². The monoisotopic (exact) mass is 342 g/mol. The van der Waals surface area contributed by atoms with Crippen LogP contribution in [-0.2, 0) is 5.41 Å². The lowest BCUT2D eigenvalue weighted by Gasteiger charge is -2.19. The highest BCUT2D eigenvalue weighted by molar-refractivity contribution is 9.10. The molecule has 0 fully saturated rings. The van der Waals surface area contributed by atoms with Crippen molar-refractivity contribution in [2.45, 2.75) is 32.2 Å². The van der Waals surface area contributed by atoms with Gasteiger partial charge in [0.15, 0.2) is 0 Å². The molecule has 0 spiro atoms. The molecule has 0 heterocycles. The van der Waals surface area contributed by atoms with Crippen molar-refractivity contribution in [3.8, 4) is 6.07 Å². The first-order chi connectivity index (χ1) is 9.92. The van der Waals surface area contributed by atoms with Gasteiger partial charge in [-0.2, -0.15) is 5.26 Å². The summed E-state index contributed by atoms with van der Waals surface area (Å²) in [6.45, 7) is 5.99. The predicted molar refractivity (Wildman–Crippen MR) is 91.3 cm³/mol. The zero-order valence-corrected chi connectivity index (χ0v) is 14.1. The van der Waals surface area contributed by atoms with Crippen LogP contribution in [0.4, 0.5) is 5.69 Å². The Morgan fingerprint density at radius 3 is 2.38 bits per heavy atom. The predicted octanol–water partition coefficient (Wildman–Crippen LogP) is 5.42. The van der Waals surface area contributed by atoms with E-state index in [9.17, 15) is 0 Å². The Balaban J connectivity index is 2.12. The number of nitriles is 1. The minimum atomic E-state index is -0.450. The van der Waals surface area contributed by atoms with E-state index in [1.54, 1.807) is 0 Å². The number of hydrogen-bond acceptors (Lipinski definition) is 2. The number of halogens is 1. The molecule has 0 aliphatic rings. The topological polar surface area (TPSA) is 35.8 Å². The molecule has 2 nitrogen and oxygen atoms in total. The van der Waals surface area contributed by atoms with Crippen molar-refractivity contribution in [3.05, 3.63) is 64.1 Å². The van der Waals surface area contributed by atoms with E-state index in [1.165, 1.54) is 5.56 Å². The second kappa shape index (κ2) is 6.32. The molecule has 2 aromatic rings. The average Bonchev–Trinajstić information content (AvgIpc) is 2.48. The summed E-state index contributed by atoms with van der Waals surface area (Å²) >= 11 is 3.50. The zero-order valence-electron chi connectivity index (χ0n) is 12.5. The van der Waals surface area contributed by atoms with Gasteiger partial charge in [0, 0.05) is 16.2 Å². The fourth-order valence-corrected chi connectivity index (χ4v) is 2.57. The summed E-state index contributed by atoms with van der Waals surface area (Å²) < 4.78 is 1.08. The lowest BCUT2D eigenvalue weighted by atomic mass is 9.86. The first kappa shape index (κ1) is 15.6. The number of benzene rings is 2. The maximum absolute atomic E-state index is 9.17. The van der Waals surface area contributed by atoms with Crippen LogP contribution in [0, 0.1) is 11.3 Å². The fourth-order valence-electron chi connectivity index (χ4n) is 2.16. The Morgan fingerprint density at radius 2 is 1.81 bits per heavy atom. The summed E-state index contributed by atoms with van der Waals surface area (Å²) in [5.74, 6) is 0. The van der Waals surface area contributed by atoms with E-state index < -0.39 is 5.41 Å². The third kappa shape index (κ3) is 3.86. The van der Waals surface area contributed by atoms with Crippen molar-refractivity contribution in [1.82, 2.24) is 0 Å². The molecule has 2 rings (SSSR count). The molecular formula is C18H19BrN2. The van der Waals surface area contributed by atoms with Crippen LogP contribution >= 0.6 is 15.9 Å². The van der Waals surface area contributed by atoms with Gasteiger partial charge in [-0.1, -0.05) is 40.2 Å². The van der Waals surface area contributed by atoms with Crippen molar-refractivity contribution in [2.24, 2.45) is 0 Å². The van der Waals surface area contributed by atoms with Crippen molar-refractivity contribution in [1.29, 1.82) is 5.26 Å². The largest absolute Gasteiger partial charge is 0.379 e. The van der Waals surface area contributed by atoms with Gasteiger partial charge in [-0.15, -0.1) is 0 Å². The maximum Gasteiger partial charge on any atom is 0.0766 e. The molecule has 1 atom stereocenters. The van der Waals surface area contributed by atoms with E-state index in [-0.39, 0.29) is 6.04 Å². The lowest BCUT2D eigenvalue weighted by molar-refractivity contribution is 0.687. The van der Waals surface area contributed by atoms with E-state index in [0.717, 1.165) is 15.7 Å². The van der Waals surface area contributed by atoms with Crippen LogP contribution in [-0.4, -0.2) is 0 Å². The van der Waals surface area contributed by atoms with Gasteiger partial charge >= 0.3 is 0 Å². The molecular weight excluding hydrogens is 324 g/mol. The molecule has 3 heteroatoms. The van der Waals surface area contributed by atoms with Gasteiger partial charge < -0.3 is 5.32 Å². The first-order valence-corrected chi connectivity index (χ1v) is 7.75. The van der Waals surface area contributed by atoms with E-state index in [1.807, 2.05) is 50.2 Å². The van der Waals surface area contributed by atoms with Gasteiger partial charge in [0.1, 0.15) is 0 Å². The maximum atomic E-state index is 9.17. The lowest BCUT2D eigenvalue weighted by Crippen LogP contribution is -2.14. The van der Waals surface area contributed by atoms with Gasteiger partial charge in [0.2, 0.25) is 0 Å². The molecule has 1 unspecified atom stereocenters. The molecule has 0 saturated carbocycles. The van der Waals surface area contributed by atoms with Crippen molar-refractivity contribution in [3.63, 3.8) is 0 Å². The Morgan fingerprint density at radius 1 is 1.14 bits per heavy atom. The van der Waals surface area contributed by atoms with Crippen LogP contribution in [0.2, 0.25) is 0 Å². The summed E-state index contributed by atoms with van der Waals surface area (Å²) in [5.41, 5.74) is 2.87. The van der Waals surface area contributed by atoms with Crippen LogP contribution < -0.4 is 5.32 Å². The molecule has 21 heavy (non-hydrogen) atoms. The van der Waals surface area contributed by atoms with Crippen LogP contribution in [0.5, 0.6) is 0 Å². The summed E-state index contributed by atoms with van der Waals surface area (Å²) in [6.07, 6.45) is 0. The Kier molecular flexibility index (Phi) is 4.69. The Bertz CT molecular complexity index is 654. The first-order valence-electron chi connectivity index (χ1n) is 6.96. The van der Waals surface area contributed by atoms with Crippen LogP contribution in [0.15, 0.2) is 53.0 Å². The van der Waals surface area contributed by atoms with Crippen molar-refractivity contribution in [2.75, 3.05) is 5.32 Å². The van der Waals surface area contributed by atoms with Gasteiger partial charge in [-0.05, 0) is 56.2 Å². The smallest absolute Gasteiger partial charge is 0.0766 e. The summed E-state index contributed by atoms with van der Waals surface area (Å²) in [6, 6.07) is 18.9. The number of nitrogens with zero attached hydrogens (tertiary/aromatic N) is 1. The van der Waals surface area contributed by atoms with Gasteiger partial charge in [-0.25, -0.2) is 0 Å². The van der Waals surface area contributed by atoms with Crippen LogP contribution in [0.1, 0.15) is 37.9 Å². The third-order valence-electron chi connectivity index (χ3n) is 3.62. The minimum Gasteiger partial charge on any atom is -0.379 e. The number of anilines is 1. The Labute approximate surface area is 134 Å². The number of nitrogens with one attached hydrogen (secondary N) is 1. The molecule has 0 radical (unpaired) electrons. The summed E-state index contributed by atoms with van der Waals surface area (Å²) in [4.78, 5) is 0. The third-order valence-corrected chi connectivity index (χ3v) is 4.11.